The van der Waals surface area contributed by atoms with Gasteiger partial charge in [-0.1, -0.05) is 187 Å². The number of rotatable bonds is 44. The third-order valence-corrected chi connectivity index (χ3v) is 11.5. The molecule has 0 aromatic rings. The smallest absolute Gasteiger partial charge is 0.462 e. The SMILES string of the molecule is CCCCCCCC/C=C/CCCCCCCCCC(=O)O[C@H](COC(=O)CCCCCCCCCCCCCCCCCC)COP(=O)(O)OCC[N+](C)(C)C. The fraction of sp³-hybridized carbons (Fsp3) is 0.915. The highest BCUT2D eigenvalue weighted by Gasteiger charge is 2.27. The highest BCUT2D eigenvalue weighted by Crippen LogP contribution is 2.43. The zero-order chi connectivity index (χ0) is 42.1. The fourth-order valence-corrected chi connectivity index (χ4v) is 7.52. The molecule has 338 valence electrons. The lowest BCUT2D eigenvalue weighted by molar-refractivity contribution is -0.870. The van der Waals surface area contributed by atoms with Crippen molar-refractivity contribution in [3.05, 3.63) is 12.2 Å². The summed E-state index contributed by atoms with van der Waals surface area (Å²) in [6, 6.07) is 0. The van der Waals surface area contributed by atoms with Gasteiger partial charge in [0, 0.05) is 12.8 Å². The predicted molar refractivity (Wildman–Crippen MR) is 238 cm³/mol. The van der Waals surface area contributed by atoms with Crippen molar-refractivity contribution >= 4 is 19.8 Å². The Morgan fingerprint density at radius 1 is 0.526 bits per heavy atom. The molecule has 0 amide bonds. The van der Waals surface area contributed by atoms with Crippen LogP contribution in [0.1, 0.15) is 226 Å². The molecule has 0 saturated carbocycles. The summed E-state index contributed by atoms with van der Waals surface area (Å²) in [7, 11) is 1.49. The normalized spacial score (nSPS) is 13.6. The molecule has 0 aliphatic rings. The number of hydrogen-bond acceptors (Lipinski definition) is 7. The number of hydrogen-bond donors (Lipinski definition) is 1. The van der Waals surface area contributed by atoms with Crippen LogP contribution in [0.5, 0.6) is 0 Å². The Bertz CT molecular complexity index is 985. The Kier molecular flexibility index (Phi) is 39.3. The molecule has 0 aromatic carbocycles. The topological polar surface area (TPSA) is 108 Å². The summed E-state index contributed by atoms with van der Waals surface area (Å²) in [5, 5.41) is 0. The van der Waals surface area contributed by atoms with Gasteiger partial charge in [-0.3, -0.25) is 18.6 Å². The van der Waals surface area contributed by atoms with E-state index in [1.807, 2.05) is 21.1 Å². The number of carbonyl (C=O) groups is 2. The van der Waals surface area contributed by atoms with Crippen molar-refractivity contribution in [3.63, 3.8) is 0 Å². The maximum absolute atomic E-state index is 12.7. The van der Waals surface area contributed by atoms with Gasteiger partial charge < -0.3 is 18.9 Å². The van der Waals surface area contributed by atoms with E-state index in [1.165, 1.54) is 148 Å². The first-order chi connectivity index (χ1) is 27.5. The Morgan fingerprint density at radius 3 is 1.30 bits per heavy atom. The van der Waals surface area contributed by atoms with E-state index in [0.29, 0.717) is 23.9 Å². The highest BCUT2D eigenvalue weighted by molar-refractivity contribution is 7.47. The zero-order valence-corrected chi connectivity index (χ0v) is 39.0. The number of phosphoric acid groups is 1. The van der Waals surface area contributed by atoms with Gasteiger partial charge in [-0.15, -0.1) is 0 Å². The zero-order valence-electron chi connectivity index (χ0n) is 38.1. The van der Waals surface area contributed by atoms with Crippen molar-refractivity contribution in [3.8, 4) is 0 Å². The van der Waals surface area contributed by atoms with Crippen LogP contribution >= 0.6 is 7.82 Å². The van der Waals surface area contributed by atoms with Gasteiger partial charge in [0.15, 0.2) is 6.10 Å². The van der Waals surface area contributed by atoms with Crippen molar-refractivity contribution in [1.82, 2.24) is 0 Å². The maximum atomic E-state index is 12.7. The second-order valence-corrected chi connectivity index (χ2v) is 19.0. The van der Waals surface area contributed by atoms with Crippen LogP contribution in [0.3, 0.4) is 0 Å². The van der Waals surface area contributed by atoms with Crippen LogP contribution in [-0.4, -0.2) is 74.9 Å². The fourth-order valence-electron chi connectivity index (χ4n) is 6.77. The van der Waals surface area contributed by atoms with E-state index < -0.39 is 26.5 Å². The summed E-state index contributed by atoms with van der Waals surface area (Å²) in [5.41, 5.74) is 0. The first-order valence-corrected chi connectivity index (χ1v) is 25.4. The molecule has 0 heterocycles. The van der Waals surface area contributed by atoms with E-state index in [0.717, 1.165) is 44.9 Å². The van der Waals surface area contributed by atoms with E-state index in [4.69, 9.17) is 18.5 Å². The Labute approximate surface area is 352 Å². The van der Waals surface area contributed by atoms with E-state index >= 15 is 0 Å². The summed E-state index contributed by atoms with van der Waals surface area (Å²) in [6.45, 7) is 4.45. The van der Waals surface area contributed by atoms with Crippen LogP contribution in [0.15, 0.2) is 12.2 Å². The molecule has 0 aliphatic carbocycles. The molecule has 0 saturated heterocycles. The van der Waals surface area contributed by atoms with Crippen LogP contribution < -0.4 is 0 Å². The number of unbranched alkanes of at least 4 members (excludes halogenated alkanes) is 28. The first-order valence-electron chi connectivity index (χ1n) is 23.9. The number of phosphoric ester groups is 1. The molecule has 0 spiro atoms. The van der Waals surface area contributed by atoms with Gasteiger partial charge in [-0.25, -0.2) is 4.57 Å². The number of ether oxygens (including phenoxy) is 2. The van der Waals surface area contributed by atoms with E-state index in [2.05, 4.69) is 26.0 Å². The average Bonchev–Trinajstić information content (AvgIpc) is 3.16. The van der Waals surface area contributed by atoms with Gasteiger partial charge in [-0.2, -0.15) is 0 Å². The average molecular weight is 831 g/mol. The number of quaternary nitrogens is 1. The van der Waals surface area contributed by atoms with Gasteiger partial charge in [-0.05, 0) is 38.5 Å². The number of likely N-dealkylation sites (N-methyl/N-ethyl adjacent to an activating group) is 1. The van der Waals surface area contributed by atoms with E-state index in [9.17, 15) is 19.0 Å². The van der Waals surface area contributed by atoms with Crippen molar-refractivity contribution in [1.29, 1.82) is 0 Å². The predicted octanol–water partition coefficient (Wildman–Crippen LogP) is 13.8. The summed E-state index contributed by atoms with van der Waals surface area (Å²) in [4.78, 5) is 35.4. The summed E-state index contributed by atoms with van der Waals surface area (Å²) in [5.74, 6) is -0.791. The maximum Gasteiger partial charge on any atom is 0.472 e. The minimum Gasteiger partial charge on any atom is -0.462 e. The molecule has 2 atom stereocenters. The molecule has 0 aliphatic heterocycles. The molecule has 0 bridgehead atoms. The molecule has 1 unspecified atom stereocenters. The molecule has 0 rings (SSSR count). The van der Waals surface area contributed by atoms with Crippen molar-refractivity contribution in [2.75, 3.05) is 47.5 Å². The molecular formula is C47H93NO8P+. The molecular weight excluding hydrogens is 737 g/mol. The number of nitrogens with zero attached hydrogens (tertiary/aromatic N) is 1. The lowest BCUT2D eigenvalue weighted by atomic mass is 10.0. The standard InChI is InChI=1S/C47H92NO8P/c1-6-8-10-12-14-16-18-20-22-24-26-28-30-32-34-36-38-40-47(50)56-45(44-55-57(51,52)54-42-41-48(3,4)5)43-53-46(49)39-37-35-33-31-29-27-25-23-21-19-17-15-13-11-9-7-2/h20,22,45H,6-19,21,23-44H2,1-5H3/p+1/b22-20+/t45-/m1/s1. The molecule has 10 heteroatoms. The quantitative estimate of drug-likeness (QED) is 0.0213. The summed E-state index contributed by atoms with van der Waals surface area (Å²) in [6.07, 6.45) is 42.5. The molecule has 57 heavy (non-hydrogen) atoms. The van der Waals surface area contributed by atoms with Gasteiger partial charge in [0.1, 0.15) is 19.8 Å². The Morgan fingerprint density at radius 2 is 0.895 bits per heavy atom. The van der Waals surface area contributed by atoms with Gasteiger partial charge in [0.05, 0.1) is 27.7 Å². The van der Waals surface area contributed by atoms with E-state index in [1.54, 1.807) is 0 Å². The second kappa shape index (κ2) is 40.2. The first kappa shape index (κ1) is 55.8. The lowest BCUT2D eigenvalue weighted by Crippen LogP contribution is -2.37. The second-order valence-electron chi connectivity index (χ2n) is 17.5. The van der Waals surface area contributed by atoms with E-state index in [-0.39, 0.29) is 25.6 Å². The van der Waals surface area contributed by atoms with Crippen LogP contribution in [0.2, 0.25) is 0 Å². The number of esters is 2. The number of carbonyl (C=O) groups excluding carboxylic acids is 2. The van der Waals surface area contributed by atoms with Crippen LogP contribution in [0.4, 0.5) is 0 Å². The van der Waals surface area contributed by atoms with Gasteiger partial charge >= 0.3 is 19.8 Å². The van der Waals surface area contributed by atoms with Crippen LogP contribution in [-0.2, 0) is 32.7 Å². The summed E-state index contributed by atoms with van der Waals surface area (Å²) < 4.78 is 34.4. The number of allylic oxidation sites excluding steroid dienone is 2. The molecule has 0 fully saturated rings. The largest absolute Gasteiger partial charge is 0.472 e. The van der Waals surface area contributed by atoms with Crippen molar-refractivity contribution in [2.45, 2.75) is 232 Å². The van der Waals surface area contributed by atoms with Crippen molar-refractivity contribution < 1.29 is 42.1 Å². The third-order valence-electron chi connectivity index (χ3n) is 10.5. The Balaban J connectivity index is 4.28. The van der Waals surface area contributed by atoms with Crippen molar-refractivity contribution in [2.24, 2.45) is 0 Å². The highest BCUT2D eigenvalue weighted by atomic mass is 31.2. The lowest BCUT2D eigenvalue weighted by Gasteiger charge is -2.24. The van der Waals surface area contributed by atoms with Crippen LogP contribution in [0, 0.1) is 0 Å². The van der Waals surface area contributed by atoms with Gasteiger partial charge in [0.2, 0.25) is 0 Å². The molecule has 0 aromatic heterocycles. The molecule has 0 radical (unpaired) electrons. The monoisotopic (exact) mass is 831 g/mol. The molecule has 9 nitrogen and oxygen atoms in total. The molecule has 1 N–H and O–H groups in total. The third kappa shape index (κ3) is 44.1. The summed E-state index contributed by atoms with van der Waals surface area (Å²) >= 11 is 0. The van der Waals surface area contributed by atoms with Gasteiger partial charge in [0.25, 0.3) is 0 Å². The minimum atomic E-state index is -4.37. The Hall–Kier alpha value is -1.25. The van der Waals surface area contributed by atoms with Crippen LogP contribution in [0.25, 0.3) is 0 Å². The minimum absolute atomic E-state index is 0.0341.